The number of amides is 1. The Morgan fingerprint density at radius 1 is 1.09 bits per heavy atom. The van der Waals surface area contributed by atoms with E-state index in [1.165, 1.54) is 11.8 Å². The first-order valence-electron chi connectivity index (χ1n) is 9.89. The number of phenolic OH excluding ortho intramolecular Hbond substituents is 1. The number of para-hydroxylation sites is 1. The Labute approximate surface area is 202 Å². The highest BCUT2D eigenvalue weighted by atomic mass is 79.9. The van der Waals surface area contributed by atoms with Crippen molar-refractivity contribution < 1.29 is 9.90 Å². The molecule has 0 aliphatic carbocycles. The van der Waals surface area contributed by atoms with Crippen LogP contribution in [0.4, 0.5) is 0 Å². The quantitative estimate of drug-likeness (QED) is 0.211. The van der Waals surface area contributed by atoms with Crippen LogP contribution in [0.15, 0.2) is 87.8 Å². The fourth-order valence-corrected chi connectivity index (χ4v) is 4.03. The number of halogens is 1. The summed E-state index contributed by atoms with van der Waals surface area (Å²) in [4.78, 5) is 16.5. The number of phenols is 1. The molecule has 4 rings (SSSR count). The van der Waals surface area contributed by atoms with E-state index in [4.69, 9.17) is 0 Å². The summed E-state index contributed by atoms with van der Waals surface area (Å²) >= 11 is 4.71. The highest BCUT2D eigenvalue weighted by Gasteiger charge is 2.17. The number of hydrogen-bond donors (Lipinski definition) is 2. The number of nitrogens with zero attached hydrogens (tertiary/aromatic N) is 5. The summed E-state index contributed by atoms with van der Waals surface area (Å²) in [5, 5.41) is 23.3. The lowest BCUT2D eigenvalue weighted by Crippen LogP contribution is -2.21. The van der Waals surface area contributed by atoms with Crippen molar-refractivity contribution in [3.8, 4) is 22.8 Å². The van der Waals surface area contributed by atoms with Gasteiger partial charge in [0, 0.05) is 33.7 Å². The Bertz CT molecular complexity index is 1290. The Morgan fingerprint density at radius 3 is 2.55 bits per heavy atom. The number of carbonyl (C=O) groups is 1. The summed E-state index contributed by atoms with van der Waals surface area (Å²) in [6.07, 6.45) is 3.39. The number of thioether (sulfide) groups is 1. The van der Waals surface area contributed by atoms with Crippen molar-refractivity contribution >= 4 is 39.3 Å². The second kappa shape index (κ2) is 10.4. The summed E-state index contributed by atoms with van der Waals surface area (Å²) in [6.45, 7) is 1.72. The van der Waals surface area contributed by atoms with Crippen LogP contribution < -0.4 is 5.43 Å². The molecule has 2 N–H and O–H groups in total. The van der Waals surface area contributed by atoms with Gasteiger partial charge in [-0.15, -0.1) is 10.2 Å². The molecule has 0 fully saturated rings. The first-order valence-corrected chi connectivity index (χ1v) is 11.7. The SMILES string of the molecule is C/C(=N\NC(=O)CSc1nnc(-c2ccncc2)n1-c1ccc(Br)cc1)c1ccccc1O. The summed E-state index contributed by atoms with van der Waals surface area (Å²) in [5.41, 5.74) is 5.32. The van der Waals surface area contributed by atoms with Gasteiger partial charge in [-0.2, -0.15) is 5.10 Å². The van der Waals surface area contributed by atoms with Gasteiger partial charge >= 0.3 is 0 Å². The molecule has 8 nitrogen and oxygen atoms in total. The lowest BCUT2D eigenvalue weighted by molar-refractivity contribution is -0.118. The van der Waals surface area contributed by atoms with Crippen LogP contribution in [0.3, 0.4) is 0 Å². The van der Waals surface area contributed by atoms with Crippen LogP contribution in [0, 0.1) is 0 Å². The molecule has 0 saturated carbocycles. The van der Waals surface area contributed by atoms with Crippen LogP contribution >= 0.6 is 27.7 Å². The topological polar surface area (TPSA) is 105 Å². The fraction of sp³-hybridized carbons (Fsp3) is 0.0870. The number of hydrogen-bond acceptors (Lipinski definition) is 7. The summed E-state index contributed by atoms with van der Waals surface area (Å²) < 4.78 is 2.85. The molecule has 2 heterocycles. The van der Waals surface area contributed by atoms with Gasteiger partial charge in [0.1, 0.15) is 5.75 Å². The number of carbonyl (C=O) groups excluding carboxylic acids is 1. The molecule has 0 atom stereocenters. The molecular weight excluding hydrogens is 504 g/mol. The zero-order valence-corrected chi connectivity index (χ0v) is 19.9. The highest BCUT2D eigenvalue weighted by molar-refractivity contribution is 9.10. The third kappa shape index (κ3) is 5.47. The molecule has 166 valence electrons. The largest absolute Gasteiger partial charge is 0.507 e. The molecular formula is C23H19BrN6O2S. The molecule has 33 heavy (non-hydrogen) atoms. The molecule has 4 aromatic rings. The van der Waals surface area contributed by atoms with Crippen molar-refractivity contribution in [2.45, 2.75) is 12.1 Å². The Hall–Kier alpha value is -3.50. The number of hydrazone groups is 1. The van der Waals surface area contributed by atoms with Gasteiger partial charge in [0.25, 0.3) is 5.91 Å². The zero-order chi connectivity index (χ0) is 23.2. The standard InChI is InChI=1S/C23H19BrN6O2S/c1-15(19-4-2-3-5-20(19)31)26-27-21(32)14-33-23-29-28-22(16-10-12-25-13-11-16)30(23)18-8-6-17(24)7-9-18/h2-13,31H,14H2,1H3,(H,27,32)/b26-15+. The van der Waals surface area contributed by atoms with Gasteiger partial charge in [0.05, 0.1) is 11.5 Å². The minimum absolute atomic E-state index is 0.0859. The van der Waals surface area contributed by atoms with Crippen LogP contribution in [0.25, 0.3) is 17.1 Å². The average Bonchev–Trinajstić information content (AvgIpc) is 3.26. The molecule has 2 aromatic carbocycles. The van der Waals surface area contributed by atoms with Gasteiger partial charge in [-0.25, -0.2) is 5.43 Å². The highest BCUT2D eigenvalue weighted by Crippen LogP contribution is 2.28. The third-order valence-electron chi connectivity index (χ3n) is 4.63. The number of pyridine rings is 1. The van der Waals surface area contributed by atoms with Gasteiger partial charge in [-0.1, -0.05) is 39.8 Å². The first-order chi connectivity index (χ1) is 16.0. The number of rotatable bonds is 7. The molecule has 1 amide bonds. The lowest BCUT2D eigenvalue weighted by Gasteiger charge is -2.10. The summed E-state index contributed by atoms with van der Waals surface area (Å²) in [6, 6.07) is 18.3. The monoisotopic (exact) mass is 522 g/mol. The number of benzene rings is 2. The van der Waals surface area contributed by atoms with E-state index in [0.717, 1.165) is 15.7 Å². The first kappa shape index (κ1) is 22.7. The molecule has 0 aliphatic heterocycles. The molecule has 0 spiro atoms. The van der Waals surface area contributed by atoms with Crippen molar-refractivity contribution in [2.24, 2.45) is 5.10 Å². The van der Waals surface area contributed by atoms with E-state index in [2.05, 4.69) is 41.6 Å². The van der Waals surface area contributed by atoms with Gasteiger partial charge in [-0.05, 0) is 55.5 Å². The van der Waals surface area contributed by atoms with E-state index in [1.54, 1.807) is 43.6 Å². The second-order valence-electron chi connectivity index (χ2n) is 6.89. The lowest BCUT2D eigenvalue weighted by atomic mass is 10.1. The molecule has 0 aliphatic rings. The van der Waals surface area contributed by atoms with Crippen LogP contribution in [-0.2, 0) is 4.79 Å². The van der Waals surface area contributed by atoms with Crippen LogP contribution in [0.2, 0.25) is 0 Å². The average molecular weight is 523 g/mol. The van der Waals surface area contributed by atoms with Crippen LogP contribution in [0.5, 0.6) is 5.75 Å². The maximum Gasteiger partial charge on any atom is 0.250 e. The third-order valence-corrected chi connectivity index (χ3v) is 6.09. The van der Waals surface area contributed by atoms with Crippen molar-refractivity contribution in [3.63, 3.8) is 0 Å². The molecule has 0 radical (unpaired) electrons. The normalized spacial score (nSPS) is 11.4. The van der Waals surface area contributed by atoms with Crippen LogP contribution in [-0.4, -0.2) is 42.2 Å². The van der Waals surface area contributed by atoms with Gasteiger partial charge in [0.15, 0.2) is 11.0 Å². The maximum atomic E-state index is 12.4. The number of nitrogens with one attached hydrogen (secondary N) is 1. The van der Waals surface area contributed by atoms with E-state index < -0.39 is 0 Å². The van der Waals surface area contributed by atoms with Gasteiger partial charge in [-0.3, -0.25) is 14.3 Å². The number of aromatic nitrogens is 4. The molecule has 0 saturated heterocycles. The van der Waals surface area contributed by atoms with Crippen molar-refractivity contribution in [1.29, 1.82) is 0 Å². The van der Waals surface area contributed by atoms with E-state index in [0.29, 0.717) is 22.3 Å². The van der Waals surface area contributed by atoms with E-state index in [-0.39, 0.29) is 17.4 Å². The van der Waals surface area contributed by atoms with Crippen molar-refractivity contribution in [3.05, 3.63) is 83.1 Å². The zero-order valence-electron chi connectivity index (χ0n) is 17.5. The smallest absolute Gasteiger partial charge is 0.250 e. The molecule has 0 bridgehead atoms. The van der Waals surface area contributed by atoms with Crippen LogP contribution in [0.1, 0.15) is 12.5 Å². The Kier molecular flexibility index (Phi) is 7.16. The fourth-order valence-electron chi connectivity index (χ4n) is 3.02. The van der Waals surface area contributed by atoms with Gasteiger partial charge in [0.2, 0.25) is 0 Å². The van der Waals surface area contributed by atoms with Crippen molar-refractivity contribution in [1.82, 2.24) is 25.2 Å². The van der Waals surface area contributed by atoms with E-state index in [9.17, 15) is 9.90 Å². The van der Waals surface area contributed by atoms with E-state index in [1.807, 2.05) is 41.0 Å². The van der Waals surface area contributed by atoms with Gasteiger partial charge < -0.3 is 5.11 Å². The summed E-state index contributed by atoms with van der Waals surface area (Å²) in [5.74, 6) is 0.540. The minimum Gasteiger partial charge on any atom is -0.507 e. The second-order valence-corrected chi connectivity index (χ2v) is 8.75. The Balaban J connectivity index is 1.53. The van der Waals surface area contributed by atoms with E-state index >= 15 is 0 Å². The molecule has 2 aromatic heterocycles. The molecule has 10 heteroatoms. The maximum absolute atomic E-state index is 12.4. The number of aromatic hydroxyl groups is 1. The predicted molar refractivity (Wildman–Crippen MR) is 131 cm³/mol. The summed E-state index contributed by atoms with van der Waals surface area (Å²) in [7, 11) is 0. The predicted octanol–water partition coefficient (Wildman–Crippen LogP) is 4.43. The van der Waals surface area contributed by atoms with Crippen molar-refractivity contribution in [2.75, 3.05) is 5.75 Å². The molecule has 0 unspecified atom stereocenters. The Morgan fingerprint density at radius 2 is 1.82 bits per heavy atom. The minimum atomic E-state index is -0.300.